The predicted molar refractivity (Wildman–Crippen MR) is 130 cm³/mol. The number of aromatic nitrogens is 1. The highest BCUT2D eigenvalue weighted by Crippen LogP contribution is 2.27. The average molecular weight is 502 g/mol. The van der Waals surface area contributed by atoms with Crippen LogP contribution < -0.4 is 15.8 Å². The van der Waals surface area contributed by atoms with Crippen LogP contribution in [0.25, 0.3) is 0 Å². The van der Waals surface area contributed by atoms with Crippen molar-refractivity contribution in [2.75, 3.05) is 5.32 Å². The Bertz CT molecular complexity index is 1300. The zero-order valence-corrected chi connectivity index (χ0v) is 19.8. The molecule has 5 N–H and O–H groups in total. The van der Waals surface area contributed by atoms with Crippen LogP contribution in [0.4, 0.5) is 15.6 Å². The van der Waals surface area contributed by atoms with Crippen molar-refractivity contribution >= 4 is 50.5 Å². The van der Waals surface area contributed by atoms with Crippen molar-refractivity contribution in [1.82, 2.24) is 10.3 Å². The van der Waals surface area contributed by atoms with Gasteiger partial charge in [-0.25, -0.2) is 28.3 Å². The number of aryl methyl sites for hydroxylation is 2. The Morgan fingerprint density at radius 1 is 1.09 bits per heavy atom. The number of aliphatic imine (C=N–C) groups is 1. The van der Waals surface area contributed by atoms with Crippen molar-refractivity contribution in [3.63, 3.8) is 0 Å². The minimum Gasteiger partial charge on any atom is -0.465 e. The lowest BCUT2D eigenvalue weighted by Crippen LogP contribution is -2.17. The number of carbonyl (C=O) groups is 2. The van der Waals surface area contributed by atoms with Crippen LogP contribution >= 0.6 is 11.3 Å². The molecule has 2 aromatic carbocycles. The summed E-state index contributed by atoms with van der Waals surface area (Å²) in [6.07, 6.45) is 1.78. The molecule has 0 aliphatic rings. The monoisotopic (exact) mass is 501 g/mol. The molecular weight excluding hydrogens is 478 g/mol. The molecule has 3 aromatic rings. The van der Waals surface area contributed by atoms with Crippen molar-refractivity contribution in [3.8, 4) is 0 Å². The summed E-state index contributed by atoms with van der Waals surface area (Å²) in [5.74, 6) is -0.210. The number of primary sulfonamides is 1. The fourth-order valence-corrected chi connectivity index (χ4v) is 4.68. The minimum absolute atomic E-state index is 0.0474. The maximum Gasteiger partial charge on any atom is 0.409 e. The molecule has 34 heavy (non-hydrogen) atoms. The molecule has 12 heteroatoms. The van der Waals surface area contributed by atoms with Crippen LogP contribution in [-0.2, 0) is 34.1 Å². The number of carbonyl (C=O) groups excluding carboxylic acids is 1. The third kappa shape index (κ3) is 7.47. The molecule has 10 nitrogen and oxygen atoms in total. The van der Waals surface area contributed by atoms with E-state index >= 15 is 0 Å². The van der Waals surface area contributed by atoms with Gasteiger partial charge >= 0.3 is 6.09 Å². The average Bonchev–Trinajstić information content (AvgIpc) is 3.13. The molecule has 0 saturated heterocycles. The van der Waals surface area contributed by atoms with Gasteiger partial charge < -0.3 is 10.4 Å². The number of thiazole rings is 1. The minimum atomic E-state index is -3.76. The maximum absolute atomic E-state index is 11.5. The second-order valence-corrected chi connectivity index (χ2v) is 9.95. The Morgan fingerprint density at radius 3 is 2.32 bits per heavy atom. The van der Waals surface area contributed by atoms with Gasteiger partial charge in [-0.3, -0.25) is 10.1 Å². The lowest BCUT2D eigenvalue weighted by atomic mass is 10.0. The summed E-state index contributed by atoms with van der Waals surface area (Å²) in [6.45, 7) is 1.42. The number of anilines is 1. The first kappa shape index (κ1) is 25.0. The number of rotatable bonds is 9. The zero-order valence-electron chi connectivity index (χ0n) is 18.2. The molecule has 0 fully saturated rings. The number of hydrogen-bond acceptors (Lipinski definition) is 7. The molecular formula is C22H23N5O5S2. The first-order valence-electron chi connectivity index (χ1n) is 10.1. The van der Waals surface area contributed by atoms with Crippen LogP contribution in [0.15, 0.2) is 58.4 Å². The highest BCUT2D eigenvalue weighted by molar-refractivity contribution is 7.89. The van der Waals surface area contributed by atoms with E-state index in [0.29, 0.717) is 30.1 Å². The Hall–Kier alpha value is -3.61. The van der Waals surface area contributed by atoms with E-state index < -0.39 is 16.1 Å². The molecule has 0 unspecified atom stereocenters. The quantitative estimate of drug-likeness (QED) is 0.260. The number of nitrogens with two attached hydrogens (primary N) is 1. The van der Waals surface area contributed by atoms with Crippen molar-refractivity contribution < 1.29 is 23.1 Å². The van der Waals surface area contributed by atoms with E-state index in [2.05, 4.69) is 20.6 Å². The van der Waals surface area contributed by atoms with Crippen molar-refractivity contribution in [2.24, 2.45) is 10.1 Å². The molecule has 0 aliphatic heterocycles. The Labute approximate surface area is 200 Å². The Balaban J connectivity index is 1.73. The van der Waals surface area contributed by atoms with Crippen LogP contribution in [0.2, 0.25) is 0 Å². The molecule has 0 aliphatic carbocycles. The van der Waals surface area contributed by atoms with E-state index in [9.17, 15) is 18.0 Å². The summed E-state index contributed by atoms with van der Waals surface area (Å²) in [7, 11) is -3.76. The van der Waals surface area contributed by atoms with Gasteiger partial charge in [0.25, 0.3) is 0 Å². The number of sulfonamides is 1. The number of carboxylic acid groups (broad SMARTS) is 1. The third-order valence-corrected chi connectivity index (χ3v) is 6.61. The summed E-state index contributed by atoms with van der Waals surface area (Å²) in [4.78, 5) is 31.5. The fraction of sp³-hybridized carbons (Fsp3) is 0.182. The fourth-order valence-electron chi connectivity index (χ4n) is 3.08. The van der Waals surface area contributed by atoms with Crippen molar-refractivity contribution in [3.05, 3.63) is 70.2 Å². The van der Waals surface area contributed by atoms with Crippen LogP contribution in [0.1, 0.15) is 28.6 Å². The van der Waals surface area contributed by atoms with E-state index in [0.717, 1.165) is 28.0 Å². The van der Waals surface area contributed by atoms with E-state index in [4.69, 9.17) is 10.2 Å². The second-order valence-electron chi connectivity index (χ2n) is 7.31. The summed E-state index contributed by atoms with van der Waals surface area (Å²) in [5.41, 5.74) is 3.39. The van der Waals surface area contributed by atoms with Gasteiger partial charge in [0.1, 0.15) is 0 Å². The van der Waals surface area contributed by atoms with Crippen molar-refractivity contribution in [1.29, 1.82) is 0 Å². The standard InChI is InChI=1S/C22H23N5O5S2/c1-14(28)26-21-27-19(11-6-15-2-7-17(8-3-15)24-13-25-22(29)30)20(33-21)12-16-4-9-18(10-5-16)34(23,31)32/h2-5,7-10,13H,6,11-12H2,1H3,(H,24,25)(H,29,30)(H2,23,31,32)(H,26,27,28). The smallest absolute Gasteiger partial charge is 0.409 e. The highest BCUT2D eigenvalue weighted by atomic mass is 32.2. The molecule has 1 heterocycles. The first-order valence-corrected chi connectivity index (χ1v) is 12.5. The molecule has 0 spiro atoms. The van der Waals surface area contributed by atoms with Gasteiger partial charge in [-0.1, -0.05) is 24.3 Å². The number of hydrogen-bond donors (Lipinski definition) is 4. The van der Waals surface area contributed by atoms with Gasteiger partial charge in [0.05, 0.1) is 22.6 Å². The first-order chi connectivity index (χ1) is 16.1. The lowest BCUT2D eigenvalue weighted by Gasteiger charge is -2.05. The van der Waals surface area contributed by atoms with E-state index in [1.807, 2.05) is 12.1 Å². The normalized spacial score (nSPS) is 11.5. The van der Waals surface area contributed by atoms with Crippen LogP contribution in [0.5, 0.6) is 0 Å². The summed E-state index contributed by atoms with van der Waals surface area (Å²) in [6, 6.07) is 13.7. The molecule has 0 bridgehead atoms. The molecule has 0 atom stereocenters. The molecule has 1 aromatic heterocycles. The van der Waals surface area contributed by atoms with Gasteiger partial charge in [-0.05, 0) is 48.2 Å². The van der Waals surface area contributed by atoms with E-state index in [-0.39, 0.29) is 10.8 Å². The van der Waals surface area contributed by atoms with Crippen molar-refractivity contribution in [2.45, 2.75) is 31.1 Å². The molecule has 3 rings (SSSR count). The number of amides is 2. The number of nitrogens with one attached hydrogen (secondary N) is 2. The van der Waals surface area contributed by atoms with Gasteiger partial charge in [0.15, 0.2) is 5.13 Å². The molecule has 0 saturated carbocycles. The van der Waals surface area contributed by atoms with Gasteiger partial charge in [0.2, 0.25) is 15.9 Å². The second kappa shape index (κ2) is 11.0. The molecule has 2 amide bonds. The van der Waals surface area contributed by atoms with Gasteiger partial charge in [-0.2, -0.15) is 0 Å². The Kier molecular flexibility index (Phi) is 8.10. The molecule has 0 radical (unpaired) electrons. The van der Waals surface area contributed by atoms with Crippen LogP contribution in [-0.4, -0.2) is 36.8 Å². The number of nitrogens with zero attached hydrogens (tertiary/aromatic N) is 2. The SMILES string of the molecule is CC(=O)Nc1nc(CCc2ccc(N=CNC(=O)O)cc2)c(Cc2ccc(S(N)(=O)=O)cc2)s1. The highest BCUT2D eigenvalue weighted by Gasteiger charge is 2.14. The van der Waals surface area contributed by atoms with Crippen LogP contribution in [0.3, 0.4) is 0 Å². The Morgan fingerprint density at radius 2 is 1.74 bits per heavy atom. The predicted octanol–water partition coefficient (Wildman–Crippen LogP) is 3.05. The largest absolute Gasteiger partial charge is 0.465 e. The van der Waals surface area contributed by atoms with Crippen LogP contribution in [0, 0.1) is 0 Å². The molecule has 178 valence electrons. The van der Waals surface area contributed by atoms with E-state index in [1.54, 1.807) is 24.3 Å². The number of benzene rings is 2. The van der Waals surface area contributed by atoms with Gasteiger partial charge in [-0.15, -0.1) is 11.3 Å². The summed E-state index contributed by atoms with van der Waals surface area (Å²) in [5, 5.41) is 19.0. The zero-order chi connectivity index (χ0) is 24.7. The topological polar surface area (TPSA) is 164 Å². The summed E-state index contributed by atoms with van der Waals surface area (Å²) >= 11 is 1.38. The maximum atomic E-state index is 11.5. The van der Waals surface area contributed by atoms with Gasteiger partial charge in [0, 0.05) is 18.2 Å². The summed E-state index contributed by atoms with van der Waals surface area (Å²) < 4.78 is 23.0. The lowest BCUT2D eigenvalue weighted by molar-refractivity contribution is -0.114. The van der Waals surface area contributed by atoms with E-state index in [1.165, 1.54) is 30.4 Å². The third-order valence-electron chi connectivity index (χ3n) is 4.67.